The van der Waals surface area contributed by atoms with E-state index >= 15 is 0 Å². The third-order valence-corrected chi connectivity index (χ3v) is 5.21. The van der Waals surface area contributed by atoms with Gasteiger partial charge in [-0.15, -0.1) is 10.2 Å². The number of aromatic nitrogens is 3. The number of nitrogens with zero attached hydrogens (tertiary/aromatic N) is 3. The van der Waals surface area contributed by atoms with E-state index in [4.69, 9.17) is 5.11 Å². The van der Waals surface area contributed by atoms with Crippen LogP contribution in [0.4, 0.5) is 5.69 Å². The molecule has 0 fully saturated rings. The number of benzene rings is 2. The molecule has 0 aliphatic carbocycles. The molecule has 1 heterocycles. The van der Waals surface area contributed by atoms with Crippen LogP contribution in [0.3, 0.4) is 0 Å². The van der Waals surface area contributed by atoms with Crippen LogP contribution in [-0.2, 0) is 11.8 Å². The molecule has 0 bridgehead atoms. The van der Waals surface area contributed by atoms with Crippen LogP contribution >= 0.6 is 27.7 Å². The number of hydrogen-bond acceptors (Lipinski definition) is 5. The summed E-state index contributed by atoms with van der Waals surface area (Å²) in [5.74, 6) is -0.459. The Kier molecular flexibility index (Phi) is 5.92. The van der Waals surface area contributed by atoms with Crippen LogP contribution in [-0.4, -0.2) is 37.5 Å². The average molecular weight is 447 g/mol. The van der Waals surface area contributed by atoms with E-state index in [2.05, 4.69) is 31.4 Å². The number of anilines is 1. The Morgan fingerprint density at radius 2 is 1.93 bits per heavy atom. The smallest absolute Gasteiger partial charge is 0.335 e. The molecule has 27 heavy (non-hydrogen) atoms. The lowest BCUT2D eigenvalue weighted by Gasteiger charge is -2.06. The minimum absolute atomic E-state index is 0.118. The van der Waals surface area contributed by atoms with E-state index in [0.29, 0.717) is 16.7 Å². The molecule has 0 aliphatic heterocycles. The van der Waals surface area contributed by atoms with Crippen LogP contribution < -0.4 is 5.32 Å². The highest BCUT2D eigenvalue weighted by Gasteiger charge is 2.13. The number of carbonyl (C=O) groups excluding carboxylic acids is 1. The van der Waals surface area contributed by atoms with Gasteiger partial charge in [0.25, 0.3) is 0 Å². The van der Waals surface area contributed by atoms with Crippen molar-refractivity contribution in [3.05, 3.63) is 58.6 Å². The van der Waals surface area contributed by atoms with Gasteiger partial charge in [-0.3, -0.25) is 4.79 Å². The van der Waals surface area contributed by atoms with Gasteiger partial charge in [-0.05, 0) is 30.3 Å². The first-order valence-corrected chi connectivity index (χ1v) is 9.63. The summed E-state index contributed by atoms with van der Waals surface area (Å²) in [4.78, 5) is 23.1. The molecule has 0 atom stereocenters. The van der Waals surface area contributed by atoms with Crippen molar-refractivity contribution in [1.82, 2.24) is 14.8 Å². The predicted octanol–water partition coefficient (Wildman–Crippen LogP) is 3.67. The molecule has 7 nitrogen and oxygen atoms in total. The summed E-state index contributed by atoms with van der Waals surface area (Å²) in [5.41, 5.74) is 1.48. The molecule has 9 heteroatoms. The first-order valence-electron chi connectivity index (χ1n) is 7.85. The molecule has 138 valence electrons. The lowest BCUT2D eigenvalue weighted by Crippen LogP contribution is -2.15. The van der Waals surface area contributed by atoms with Crippen molar-refractivity contribution in [2.45, 2.75) is 5.16 Å². The van der Waals surface area contributed by atoms with Crippen molar-refractivity contribution in [3.63, 3.8) is 0 Å². The van der Waals surface area contributed by atoms with E-state index in [9.17, 15) is 9.59 Å². The predicted molar refractivity (Wildman–Crippen MR) is 107 cm³/mol. The van der Waals surface area contributed by atoms with Crippen molar-refractivity contribution in [2.75, 3.05) is 11.1 Å². The summed E-state index contributed by atoms with van der Waals surface area (Å²) in [5, 5.41) is 20.6. The van der Waals surface area contributed by atoms with E-state index in [1.807, 2.05) is 35.9 Å². The van der Waals surface area contributed by atoms with E-state index in [-0.39, 0.29) is 17.2 Å². The third kappa shape index (κ3) is 4.75. The lowest BCUT2D eigenvalue weighted by atomic mass is 10.2. The third-order valence-electron chi connectivity index (χ3n) is 3.66. The maximum absolute atomic E-state index is 12.2. The van der Waals surface area contributed by atoms with E-state index in [1.165, 1.54) is 23.9 Å². The minimum atomic E-state index is -1.04. The number of aromatic carboxylic acids is 1. The number of carboxylic acids is 1. The molecule has 3 aromatic rings. The Labute approximate surface area is 167 Å². The molecular weight excluding hydrogens is 432 g/mol. The number of rotatable bonds is 6. The number of amides is 1. The Balaban J connectivity index is 1.63. The first-order chi connectivity index (χ1) is 12.9. The summed E-state index contributed by atoms with van der Waals surface area (Å²) in [6.07, 6.45) is 0. The summed E-state index contributed by atoms with van der Waals surface area (Å²) >= 11 is 4.65. The summed E-state index contributed by atoms with van der Waals surface area (Å²) < 4.78 is 2.80. The van der Waals surface area contributed by atoms with Crippen molar-refractivity contribution >= 4 is 45.3 Å². The number of carbonyl (C=O) groups is 2. The molecule has 0 spiro atoms. The van der Waals surface area contributed by atoms with Gasteiger partial charge in [0.1, 0.15) is 0 Å². The van der Waals surface area contributed by atoms with Gasteiger partial charge < -0.3 is 15.0 Å². The Morgan fingerprint density at radius 3 is 2.63 bits per heavy atom. The zero-order valence-electron chi connectivity index (χ0n) is 14.2. The number of thioether (sulfide) groups is 1. The van der Waals surface area contributed by atoms with Gasteiger partial charge in [0.15, 0.2) is 11.0 Å². The van der Waals surface area contributed by atoms with Crippen LogP contribution in [0.1, 0.15) is 10.4 Å². The van der Waals surface area contributed by atoms with Crippen LogP contribution in [0.2, 0.25) is 0 Å². The zero-order valence-corrected chi connectivity index (χ0v) is 16.6. The summed E-state index contributed by atoms with van der Waals surface area (Å²) in [7, 11) is 1.84. The average Bonchev–Trinajstić information content (AvgIpc) is 3.01. The fourth-order valence-corrected chi connectivity index (χ4v) is 3.32. The fraction of sp³-hybridized carbons (Fsp3) is 0.111. The lowest BCUT2D eigenvalue weighted by molar-refractivity contribution is -0.113. The molecular formula is C18H15BrN4O3S. The van der Waals surface area contributed by atoms with Crippen molar-refractivity contribution in [3.8, 4) is 11.4 Å². The first kappa shape index (κ1) is 19.1. The van der Waals surface area contributed by atoms with E-state index < -0.39 is 5.97 Å². The molecule has 2 aromatic carbocycles. The molecule has 1 aromatic heterocycles. The zero-order chi connectivity index (χ0) is 19.4. The molecule has 0 aliphatic rings. The van der Waals surface area contributed by atoms with Crippen LogP contribution in [0.5, 0.6) is 0 Å². The molecule has 0 saturated carbocycles. The van der Waals surface area contributed by atoms with E-state index in [1.54, 1.807) is 12.1 Å². The highest BCUT2D eigenvalue weighted by atomic mass is 79.9. The molecule has 0 radical (unpaired) electrons. The summed E-state index contributed by atoms with van der Waals surface area (Å²) in [6.45, 7) is 0. The second-order valence-corrected chi connectivity index (χ2v) is 7.45. The van der Waals surface area contributed by atoms with Gasteiger partial charge >= 0.3 is 5.97 Å². The Hall–Kier alpha value is -2.65. The van der Waals surface area contributed by atoms with E-state index in [0.717, 1.165) is 10.0 Å². The number of nitrogens with one attached hydrogen (secondary N) is 1. The van der Waals surface area contributed by atoms with Gasteiger partial charge in [-0.25, -0.2) is 4.79 Å². The maximum atomic E-state index is 12.2. The second kappa shape index (κ2) is 8.36. The minimum Gasteiger partial charge on any atom is -0.478 e. The number of hydrogen-bond donors (Lipinski definition) is 2. The van der Waals surface area contributed by atoms with Crippen LogP contribution in [0.25, 0.3) is 11.4 Å². The normalized spacial score (nSPS) is 10.6. The molecule has 0 saturated heterocycles. The summed E-state index contributed by atoms with van der Waals surface area (Å²) in [6, 6.07) is 13.8. The van der Waals surface area contributed by atoms with Gasteiger partial charge in [0, 0.05) is 22.8 Å². The number of carboxylic acid groups (broad SMARTS) is 1. The van der Waals surface area contributed by atoms with Crippen molar-refractivity contribution < 1.29 is 14.7 Å². The molecule has 3 rings (SSSR count). The fourth-order valence-electron chi connectivity index (χ4n) is 2.35. The van der Waals surface area contributed by atoms with Gasteiger partial charge in [0.05, 0.1) is 11.3 Å². The molecule has 1 amide bonds. The Morgan fingerprint density at radius 1 is 1.19 bits per heavy atom. The highest BCUT2D eigenvalue weighted by molar-refractivity contribution is 9.10. The highest BCUT2D eigenvalue weighted by Crippen LogP contribution is 2.24. The second-order valence-electron chi connectivity index (χ2n) is 5.59. The van der Waals surface area contributed by atoms with Gasteiger partial charge in [-0.2, -0.15) is 0 Å². The molecule has 2 N–H and O–H groups in total. The topological polar surface area (TPSA) is 97.1 Å². The van der Waals surface area contributed by atoms with Gasteiger partial charge in [0.2, 0.25) is 5.91 Å². The van der Waals surface area contributed by atoms with Crippen molar-refractivity contribution in [2.24, 2.45) is 7.05 Å². The van der Waals surface area contributed by atoms with Gasteiger partial charge in [-0.1, -0.05) is 45.9 Å². The largest absolute Gasteiger partial charge is 0.478 e. The quantitative estimate of drug-likeness (QED) is 0.560. The standard InChI is InChI=1S/C18H15BrN4O3S/c1-23-16(11-5-7-13(19)8-6-11)21-22-18(23)27-10-15(24)20-14-4-2-3-12(9-14)17(25)26/h2-9H,10H2,1H3,(H,20,24)(H,25,26). The SMILES string of the molecule is Cn1c(SCC(=O)Nc2cccc(C(=O)O)c2)nnc1-c1ccc(Br)cc1. The maximum Gasteiger partial charge on any atom is 0.335 e. The van der Waals surface area contributed by atoms with Crippen molar-refractivity contribution in [1.29, 1.82) is 0 Å². The Bertz CT molecular complexity index is 989. The van der Waals surface area contributed by atoms with Crippen LogP contribution in [0.15, 0.2) is 58.2 Å². The number of halogens is 1. The molecule has 0 unspecified atom stereocenters. The monoisotopic (exact) mass is 446 g/mol. The van der Waals surface area contributed by atoms with Crippen LogP contribution in [0, 0.1) is 0 Å².